The van der Waals surface area contributed by atoms with Gasteiger partial charge in [0.05, 0.1) is 12.2 Å². The molecule has 1 aliphatic heterocycles. The molecule has 2 aromatic rings. The minimum absolute atomic E-state index is 0.0292. The molecule has 12 heteroatoms. The lowest BCUT2D eigenvalue weighted by Gasteiger charge is -2.45. The van der Waals surface area contributed by atoms with E-state index in [1.54, 1.807) is 12.1 Å². The second-order valence-electron chi connectivity index (χ2n) is 10.7. The molecular weight excluding hydrogens is 532 g/mol. The van der Waals surface area contributed by atoms with Gasteiger partial charge in [0, 0.05) is 56.2 Å². The van der Waals surface area contributed by atoms with Crippen molar-refractivity contribution in [2.45, 2.75) is 63.4 Å². The summed E-state index contributed by atoms with van der Waals surface area (Å²) in [5.74, 6) is -1.26. The van der Waals surface area contributed by atoms with Crippen molar-refractivity contribution >= 4 is 26.3 Å². The fraction of sp³-hybridized carbons (Fsp3) is 0.483. The number of benzene rings is 2. The van der Waals surface area contributed by atoms with Crippen LogP contribution in [0, 0.1) is 5.82 Å². The predicted octanol–water partition coefficient (Wildman–Crippen LogP) is 0.908. The maximum atomic E-state index is 15.1. The van der Waals surface area contributed by atoms with Crippen LogP contribution in [0.25, 0.3) is 0 Å². The SMILES string of the molecule is BC(O)(c1c(C=O)cccc1OCc1ccc(CN2CC(C)OC(C)C2)cc1F)N(C)C(O)(CCC=O)C(=O)NC. The van der Waals surface area contributed by atoms with Gasteiger partial charge in [0.15, 0.2) is 14.1 Å². The third-order valence-electron chi connectivity index (χ3n) is 7.47. The number of carbonyl (C=O) groups is 3. The highest BCUT2D eigenvalue weighted by Crippen LogP contribution is 2.37. The minimum Gasteiger partial charge on any atom is -0.488 e. The van der Waals surface area contributed by atoms with Crippen LogP contribution in [-0.4, -0.2) is 91.5 Å². The van der Waals surface area contributed by atoms with Gasteiger partial charge in [-0.3, -0.25) is 14.5 Å². The van der Waals surface area contributed by atoms with Gasteiger partial charge in [-0.1, -0.05) is 24.3 Å². The van der Waals surface area contributed by atoms with E-state index < -0.39 is 23.1 Å². The Kier molecular flexibility index (Phi) is 10.8. The van der Waals surface area contributed by atoms with Gasteiger partial charge in [-0.05, 0) is 38.6 Å². The number of halogens is 1. The monoisotopic (exact) mass is 571 g/mol. The number of hydrogen-bond donors (Lipinski definition) is 3. The van der Waals surface area contributed by atoms with Crippen molar-refractivity contribution in [3.63, 3.8) is 0 Å². The van der Waals surface area contributed by atoms with Crippen LogP contribution in [0.2, 0.25) is 0 Å². The zero-order valence-electron chi connectivity index (χ0n) is 24.2. The summed E-state index contributed by atoms with van der Waals surface area (Å²) >= 11 is 0. The molecule has 0 radical (unpaired) electrons. The van der Waals surface area contributed by atoms with E-state index in [9.17, 15) is 24.6 Å². The molecule has 0 bridgehead atoms. The normalized spacial score (nSPS) is 20.6. The van der Waals surface area contributed by atoms with Crippen molar-refractivity contribution in [3.05, 3.63) is 64.5 Å². The molecule has 1 saturated heterocycles. The Morgan fingerprint density at radius 1 is 1.24 bits per heavy atom. The summed E-state index contributed by atoms with van der Waals surface area (Å²) in [6.07, 6.45) is 0.774. The third kappa shape index (κ3) is 7.38. The Morgan fingerprint density at radius 2 is 1.93 bits per heavy atom. The summed E-state index contributed by atoms with van der Waals surface area (Å²) in [7, 11) is 3.89. The molecule has 0 saturated carbocycles. The molecule has 4 atom stereocenters. The third-order valence-corrected chi connectivity index (χ3v) is 7.47. The fourth-order valence-corrected chi connectivity index (χ4v) is 5.33. The molecule has 0 aliphatic carbocycles. The molecule has 3 rings (SSSR count). The number of hydrogen-bond acceptors (Lipinski definition) is 9. The molecule has 10 nitrogen and oxygen atoms in total. The molecule has 41 heavy (non-hydrogen) atoms. The van der Waals surface area contributed by atoms with Crippen LogP contribution in [0.1, 0.15) is 53.7 Å². The van der Waals surface area contributed by atoms with Crippen molar-refractivity contribution in [2.24, 2.45) is 0 Å². The molecule has 222 valence electrons. The second-order valence-corrected chi connectivity index (χ2v) is 10.7. The van der Waals surface area contributed by atoms with Crippen LogP contribution in [0.15, 0.2) is 36.4 Å². The highest BCUT2D eigenvalue weighted by molar-refractivity contribution is 6.15. The number of morpholine rings is 1. The number of ether oxygens (including phenoxy) is 2. The van der Waals surface area contributed by atoms with Crippen molar-refractivity contribution in [1.29, 1.82) is 0 Å². The van der Waals surface area contributed by atoms with Gasteiger partial charge < -0.3 is 29.8 Å². The van der Waals surface area contributed by atoms with Crippen molar-refractivity contribution in [2.75, 3.05) is 27.2 Å². The maximum Gasteiger partial charge on any atom is 0.267 e. The number of amides is 1. The smallest absolute Gasteiger partial charge is 0.267 e. The van der Waals surface area contributed by atoms with E-state index in [-0.39, 0.29) is 54.1 Å². The summed E-state index contributed by atoms with van der Waals surface area (Å²) < 4.78 is 26.8. The first-order chi connectivity index (χ1) is 19.4. The van der Waals surface area contributed by atoms with Crippen LogP contribution < -0.4 is 10.1 Å². The van der Waals surface area contributed by atoms with Crippen molar-refractivity contribution in [3.8, 4) is 5.75 Å². The summed E-state index contributed by atoms with van der Waals surface area (Å²) in [4.78, 5) is 38.9. The molecule has 1 fully saturated rings. The van der Waals surface area contributed by atoms with Gasteiger partial charge in [-0.2, -0.15) is 0 Å². The lowest BCUT2D eigenvalue weighted by molar-refractivity contribution is -0.199. The lowest BCUT2D eigenvalue weighted by Crippen LogP contribution is -2.64. The minimum atomic E-state index is -2.30. The zero-order chi connectivity index (χ0) is 30.4. The van der Waals surface area contributed by atoms with Gasteiger partial charge in [0.25, 0.3) is 5.91 Å². The average Bonchev–Trinajstić information content (AvgIpc) is 2.93. The molecule has 1 amide bonds. The predicted molar refractivity (Wildman–Crippen MR) is 152 cm³/mol. The van der Waals surface area contributed by atoms with Crippen LogP contribution in [-0.2, 0) is 33.1 Å². The molecule has 0 aromatic heterocycles. The molecule has 1 aliphatic rings. The average molecular weight is 571 g/mol. The first kappa shape index (κ1) is 32.4. The van der Waals surface area contributed by atoms with Crippen LogP contribution in [0.5, 0.6) is 5.75 Å². The zero-order valence-corrected chi connectivity index (χ0v) is 24.2. The first-order valence-electron chi connectivity index (χ1n) is 13.6. The fourth-order valence-electron chi connectivity index (χ4n) is 5.33. The van der Waals surface area contributed by atoms with E-state index >= 15 is 4.39 Å². The summed E-state index contributed by atoms with van der Waals surface area (Å²) in [6.45, 7) is 5.90. The van der Waals surface area contributed by atoms with E-state index in [1.807, 2.05) is 19.9 Å². The number of nitrogens with one attached hydrogen (secondary N) is 1. The van der Waals surface area contributed by atoms with E-state index in [4.69, 9.17) is 9.47 Å². The van der Waals surface area contributed by atoms with Gasteiger partial charge in [0.1, 0.15) is 30.1 Å². The Hall–Kier alpha value is -3.16. The Labute approximate surface area is 240 Å². The Morgan fingerprint density at radius 3 is 2.51 bits per heavy atom. The molecule has 1 heterocycles. The molecule has 4 unspecified atom stereocenters. The van der Waals surface area contributed by atoms with Crippen molar-refractivity contribution < 1.29 is 38.5 Å². The number of likely N-dealkylation sites (N-methyl/N-ethyl adjacent to an activating group) is 2. The second kappa shape index (κ2) is 13.7. The van der Waals surface area contributed by atoms with Crippen molar-refractivity contribution in [1.82, 2.24) is 15.1 Å². The van der Waals surface area contributed by atoms with E-state index in [0.717, 1.165) is 23.6 Å². The Bertz CT molecular complexity index is 1240. The number of rotatable bonds is 13. The van der Waals surface area contributed by atoms with Crippen LogP contribution in [0.3, 0.4) is 0 Å². The highest BCUT2D eigenvalue weighted by atomic mass is 19.1. The summed E-state index contributed by atoms with van der Waals surface area (Å²) in [5.41, 5.74) is -3.35. The number of aliphatic hydroxyl groups is 2. The van der Waals surface area contributed by atoms with Gasteiger partial charge in [0.2, 0.25) is 5.72 Å². The first-order valence-corrected chi connectivity index (χ1v) is 13.6. The summed E-state index contributed by atoms with van der Waals surface area (Å²) in [6, 6.07) is 9.42. The van der Waals surface area contributed by atoms with Gasteiger partial charge in [-0.25, -0.2) is 9.29 Å². The van der Waals surface area contributed by atoms with Crippen LogP contribution in [0.4, 0.5) is 4.39 Å². The van der Waals surface area contributed by atoms with E-state index in [2.05, 4.69) is 10.2 Å². The topological polar surface area (TPSA) is 129 Å². The van der Waals surface area contributed by atoms with Crippen LogP contribution >= 0.6 is 0 Å². The number of nitrogens with zero attached hydrogens (tertiary/aromatic N) is 2. The highest BCUT2D eigenvalue weighted by Gasteiger charge is 2.48. The van der Waals surface area contributed by atoms with E-state index in [1.165, 1.54) is 40.1 Å². The number of aldehydes is 2. The standard InChI is InChI=1S/C29H39BFN3O7/c1-19-14-34(15-20(2)41-19)16-21-9-10-23(24(31)13-21)18-40-25-8-5-7-22(17-36)26(25)29(30,39)33(4)28(38,11-6-12-35)27(37)32-3/h5,7-10,12-13,17,19-20,38-39H,6,11,14-16,18,30H2,1-4H3,(H,32,37). The number of carbonyl (C=O) groups excluding carboxylic acids is 3. The van der Waals surface area contributed by atoms with E-state index in [0.29, 0.717) is 19.1 Å². The Balaban J connectivity index is 1.86. The van der Waals surface area contributed by atoms with Gasteiger partial charge >= 0.3 is 0 Å². The molecular formula is C29H39BFN3O7. The maximum absolute atomic E-state index is 15.1. The van der Waals surface area contributed by atoms with Gasteiger partial charge in [-0.15, -0.1) is 0 Å². The molecule has 0 spiro atoms. The largest absolute Gasteiger partial charge is 0.488 e. The quantitative estimate of drug-likeness (QED) is 0.183. The summed E-state index contributed by atoms with van der Waals surface area (Å²) in [5, 5.41) is 25.3. The molecule has 3 N–H and O–H groups in total. The molecule has 2 aromatic carbocycles. The lowest BCUT2D eigenvalue weighted by atomic mass is 9.78.